The summed E-state index contributed by atoms with van der Waals surface area (Å²) < 4.78 is 10.3. The van der Waals surface area contributed by atoms with Crippen LogP contribution >= 0.6 is 0 Å². The van der Waals surface area contributed by atoms with Crippen LogP contribution in [0.25, 0.3) is 0 Å². The van der Waals surface area contributed by atoms with Crippen LogP contribution in [0.15, 0.2) is 24.3 Å². The lowest BCUT2D eigenvalue weighted by Crippen LogP contribution is -2.60. The van der Waals surface area contributed by atoms with Gasteiger partial charge in [-0.25, -0.2) is 0 Å². The van der Waals surface area contributed by atoms with Crippen LogP contribution in [-0.4, -0.2) is 62.7 Å². The van der Waals surface area contributed by atoms with Crippen molar-refractivity contribution >= 4 is 5.69 Å². The lowest BCUT2D eigenvalue weighted by atomic mass is 9.99. The van der Waals surface area contributed by atoms with Crippen LogP contribution in [0.1, 0.15) is 0 Å². The summed E-state index contributed by atoms with van der Waals surface area (Å²) in [6, 6.07) is 5.45. The highest BCUT2D eigenvalue weighted by molar-refractivity contribution is 5.45. The SMILES string of the molecule is O=[N+]([O-])c1ccccc1O[C@@H]1O[C@@H](CO)[C@@H](O)[C@@H](O)[C@H]1O. The zero-order valence-electron chi connectivity index (χ0n) is 10.8. The lowest BCUT2D eigenvalue weighted by Gasteiger charge is -2.39. The van der Waals surface area contributed by atoms with Crippen LogP contribution < -0.4 is 4.74 Å². The van der Waals surface area contributed by atoms with Crippen LogP contribution in [0.4, 0.5) is 5.69 Å². The summed E-state index contributed by atoms with van der Waals surface area (Å²) in [5.41, 5.74) is -0.338. The molecule has 21 heavy (non-hydrogen) atoms. The highest BCUT2D eigenvalue weighted by atomic mass is 16.7. The van der Waals surface area contributed by atoms with E-state index in [1.165, 1.54) is 24.3 Å². The first-order chi connectivity index (χ1) is 9.95. The first kappa shape index (κ1) is 15.6. The molecule has 0 radical (unpaired) electrons. The molecule has 1 heterocycles. The van der Waals surface area contributed by atoms with Gasteiger partial charge in [-0.15, -0.1) is 0 Å². The zero-order chi connectivity index (χ0) is 15.6. The number of rotatable bonds is 4. The first-order valence-electron chi connectivity index (χ1n) is 6.16. The van der Waals surface area contributed by atoms with E-state index in [9.17, 15) is 25.4 Å². The predicted molar refractivity (Wildman–Crippen MR) is 67.5 cm³/mol. The van der Waals surface area contributed by atoms with E-state index >= 15 is 0 Å². The Hall–Kier alpha value is -1.78. The standard InChI is InChI=1S/C12H15NO8/c14-5-8-9(15)10(16)11(17)12(21-8)20-7-4-2-1-3-6(7)13(18)19/h1-4,8-12,14-17H,5H2/t8-,9+,10+,11+,12+/m0/s1. The molecule has 9 heteroatoms. The van der Waals surface area contributed by atoms with Gasteiger partial charge in [0.05, 0.1) is 11.5 Å². The molecule has 9 nitrogen and oxygen atoms in total. The first-order valence-corrected chi connectivity index (χ1v) is 6.16. The number of para-hydroxylation sites is 2. The molecule has 116 valence electrons. The fourth-order valence-corrected chi connectivity index (χ4v) is 2.00. The number of aliphatic hydroxyl groups is 4. The predicted octanol–water partition coefficient (Wildman–Crippen LogP) is -1.23. The average molecular weight is 301 g/mol. The summed E-state index contributed by atoms with van der Waals surface area (Å²) in [7, 11) is 0. The molecule has 5 atom stereocenters. The van der Waals surface area contributed by atoms with Gasteiger partial charge in [0, 0.05) is 6.07 Å². The second-order valence-electron chi connectivity index (χ2n) is 4.54. The molecule has 0 saturated carbocycles. The number of nitro groups is 1. The summed E-state index contributed by atoms with van der Waals surface area (Å²) in [6.45, 7) is -0.609. The van der Waals surface area contributed by atoms with Gasteiger partial charge in [0.15, 0.2) is 5.75 Å². The van der Waals surface area contributed by atoms with Crippen molar-refractivity contribution in [1.82, 2.24) is 0 Å². The quantitative estimate of drug-likeness (QED) is 0.400. The minimum atomic E-state index is -1.62. The zero-order valence-corrected chi connectivity index (χ0v) is 10.8. The van der Waals surface area contributed by atoms with E-state index < -0.39 is 42.2 Å². The minimum absolute atomic E-state index is 0.160. The molecule has 0 aromatic heterocycles. The Balaban J connectivity index is 2.20. The smallest absolute Gasteiger partial charge is 0.311 e. The molecule has 4 N–H and O–H groups in total. The van der Waals surface area contributed by atoms with Crippen molar-refractivity contribution in [1.29, 1.82) is 0 Å². The maximum Gasteiger partial charge on any atom is 0.311 e. The van der Waals surface area contributed by atoms with E-state index in [1.54, 1.807) is 0 Å². The van der Waals surface area contributed by atoms with Gasteiger partial charge in [0.25, 0.3) is 0 Å². The highest BCUT2D eigenvalue weighted by Crippen LogP contribution is 2.30. The van der Waals surface area contributed by atoms with Gasteiger partial charge in [0.2, 0.25) is 6.29 Å². The van der Waals surface area contributed by atoms with E-state index in [1.807, 2.05) is 0 Å². The van der Waals surface area contributed by atoms with Gasteiger partial charge < -0.3 is 29.9 Å². The Morgan fingerprint density at radius 3 is 2.48 bits per heavy atom. The fourth-order valence-electron chi connectivity index (χ4n) is 2.00. The molecule has 1 aromatic rings. The molecule has 0 aliphatic carbocycles. The maximum atomic E-state index is 10.9. The van der Waals surface area contributed by atoms with E-state index in [2.05, 4.69) is 0 Å². The number of nitrogens with zero attached hydrogens (tertiary/aromatic N) is 1. The number of nitro benzene ring substituents is 1. The van der Waals surface area contributed by atoms with Gasteiger partial charge in [-0.05, 0) is 6.07 Å². The Morgan fingerprint density at radius 1 is 1.19 bits per heavy atom. The van der Waals surface area contributed by atoms with Gasteiger partial charge >= 0.3 is 5.69 Å². The summed E-state index contributed by atoms with van der Waals surface area (Å²) >= 11 is 0. The third kappa shape index (κ3) is 3.12. The summed E-state index contributed by atoms with van der Waals surface area (Å²) in [6.07, 6.45) is -7.35. The lowest BCUT2D eigenvalue weighted by molar-refractivity contribution is -0.387. The number of ether oxygens (including phenoxy) is 2. The van der Waals surface area contributed by atoms with E-state index in [4.69, 9.17) is 14.6 Å². The van der Waals surface area contributed by atoms with Crippen molar-refractivity contribution in [3.63, 3.8) is 0 Å². The minimum Gasteiger partial charge on any atom is -0.455 e. The van der Waals surface area contributed by atoms with E-state index in [0.29, 0.717) is 0 Å². The van der Waals surface area contributed by atoms with Crippen LogP contribution in [-0.2, 0) is 4.74 Å². The van der Waals surface area contributed by atoms with Crippen molar-refractivity contribution in [2.24, 2.45) is 0 Å². The van der Waals surface area contributed by atoms with Gasteiger partial charge in [-0.3, -0.25) is 10.1 Å². The van der Waals surface area contributed by atoms with Crippen molar-refractivity contribution in [2.45, 2.75) is 30.7 Å². The largest absolute Gasteiger partial charge is 0.455 e. The molecule has 1 fully saturated rings. The van der Waals surface area contributed by atoms with Gasteiger partial charge in [0.1, 0.15) is 24.4 Å². The second kappa shape index (κ2) is 6.33. The van der Waals surface area contributed by atoms with E-state index in [-0.39, 0.29) is 11.4 Å². The van der Waals surface area contributed by atoms with Crippen LogP contribution in [0.3, 0.4) is 0 Å². The molecule has 1 aliphatic rings. The molecule has 1 aromatic carbocycles. The Labute approximate surface area is 119 Å². The maximum absolute atomic E-state index is 10.9. The third-order valence-corrected chi connectivity index (χ3v) is 3.15. The number of aliphatic hydroxyl groups excluding tert-OH is 4. The van der Waals surface area contributed by atoms with Gasteiger partial charge in [-0.1, -0.05) is 12.1 Å². The monoisotopic (exact) mass is 301 g/mol. The second-order valence-corrected chi connectivity index (χ2v) is 4.54. The Morgan fingerprint density at radius 2 is 1.86 bits per heavy atom. The van der Waals surface area contributed by atoms with Crippen molar-refractivity contribution < 1.29 is 34.8 Å². The molecular weight excluding hydrogens is 286 g/mol. The van der Waals surface area contributed by atoms with Gasteiger partial charge in [-0.2, -0.15) is 0 Å². The molecule has 0 unspecified atom stereocenters. The average Bonchev–Trinajstić information content (AvgIpc) is 2.48. The Kier molecular flexibility index (Phi) is 4.70. The van der Waals surface area contributed by atoms with E-state index in [0.717, 1.165) is 0 Å². The number of hydrogen-bond acceptors (Lipinski definition) is 8. The number of benzene rings is 1. The normalized spacial score (nSPS) is 32.7. The molecule has 0 spiro atoms. The van der Waals surface area contributed by atoms with Crippen LogP contribution in [0.5, 0.6) is 5.75 Å². The topological polar surface area (TPSA) is 143 Å². The summed E-state index contributed by atoms with van der Waals surface area (Å²) in [5.74, 6) is -0.160. The Bertz CT molecular complexity index is 508. The third-order valence-electron chi connectivity index (χ3n) is 3.15. The fraction of sp³-hybridized carbons (Fsp3) is 0.500. The molecule has 0 amide bonds. The number of hydrogen-bond donors (Lipinski definition) is 4. The molecule has 1 aliphatic heterocycles. The summed E-state index contributed by atoms with van der Waals surface area (Å²) in [5, 5.41) is 49.0. The molecule has 0 bridgehead atoms. The highest BCUT2D eigenvalue weighted by Gasteiger charge is 2.45. The van der Waals surface area contributed by atoms with Crippen molar-refractivity contribution in [3.8, 4) is 5.75 Å². The van der Waals surface area contributed by atoms with Crippen molar-refractivity contribution in [3.05, 3.63) is 34.4 Å². The molecule has 1 saturated heterocycles. The van der Waals surface area contributed by atoms with Crippen molar-refractivity contribution in [2.75, 3.05) is 6.61 Å². The molecule has 2 rings (SSSR count). The van der Waals surface area contributed by atoms with Crippen LogP contribution in [0.2, 0.25) is 0 Å². The van der Waals surface area contributed by atoms with Crippen LogP contribution in [0, 0.1) is 10.1 Å². The molecular formula is C12H15NO8. The summed E-state index contributed by atoms with van der Waals surface area (Å²) in [4.78, 5) is 10.2.